The molecule has 0 fully saturated rings. The summed E-state index contributed by atoms with van der Waals surface area (Å²) in [5.74, 6) is 0.818. The van der Waals surface area contributed by atoms with Crippen molar-refractivity contribution in [2.45, 2.75) is 0 Å². The van der Waals surface area contributed by atoms with Crippen LogP contribution in [0.1, 0.15) is 0 Å². The summed E-state index contributed by atoms with van der Waals surface area (Å²) in [5.41, 5.74) is 0. The quantitative estimate of drug-likeness (QED) is 0.731. The molecule has 0 N–H and O–H groups in total. The van der Waals surface area contributed by atoms with E-state index in [1.807, 2.05) is 24.3 Å². The van der Waals surface area contributed by atoms with Gasteiger partial charge in [-0.15, -0.1) is 0 Å². The molecule has 0 aromatic heterocycles. The number of hydrogen-bond donors (Lipinski definition) is 0. The lowest BCUT2D eigenvalue weighted by atomic mass is 10.3. The average Bonchev–Trinajstić information content (AvgIpc) is 2.39. The zero-order valence-corrected chi connectivity index (χ0v) is 12.2. The van der Waals surface area contributed by atoms with E-state index in [-0.39, 0.29) is 5.02 Å². The lowest BCUT2D eigenvalue weighted by Gasteiger charge is -2.09. The van der Waals surface area contributed by atoms with Crippen LogP contribution in [0.3, 0.4) is 0 Å². The van der Waals surface area contributed by atoms with Gasteiger partial charge in [0.05, 0.1) is 5.02 Å². The maximum Gasteiger partial charge on any atom is 0.142 e. The first-order valence-corrected chi connectivity index (χ1v) is 6.78. The van der Waals surface area contributed by atoms with Crippen molar-refractivity contribution in [2.75, 3.05) is 13.2 Å². The summed E-state index contributed by atoms with van der Waals surface area (Å²) in [5, 5.41) is 0.0467. The molecule has 2 rings (SSSR count). The van der Waals surface area contributed by atoms with E-state index in [0.29, 0.717) is 19.0 Å². The van der Waals surface area contributed by atoms with E-state index in [1.54, 1.807) is 0 Å². The van der Waals surface area contributed by atoms with Crippen molar-refractivity contribution in [3.8, 4) is 11.5 Å². The molecule has 2 nitrogen and oxygen atoms in total. The molecule has 0 bridgehead atoms. The maximum absolute atomic E-state index is 12.9. The van der Waals surface area contributed by atoms with Gasteiger partial charge >= 0.3 is 0 Å². The Kier molecular flexibility index (Phi) is 5.05. The van der Waals surface area contributed by atoms with Gasteiger partial charge in [0, 0.05) is 10.5 Å². The smallest absolute Gasteiger partial charge is 0.142 e. The first-order valence-electron chi connectivity index (χ1n) is 5.61. The number of benzene rings is 2. The van der Waals surface area contributed by atoms with Gasteiger partial charge in [0.25, 0.3) is 0 Å². The van der Waals surface area contributed by atoms with Crippen LogP contribution in [0.4, 0.5) is 4.39 Å². The predicted octanol–water partition coefficient (Wildman–Crippen LogP) is 4.70. The van der Waals surface area contributed by atoms with E-state index in [2.05, 4.69) is 15.9 Å². The zero-order chi connectivity index (χ0) is 13.7. The average molecular weight is 346 g/mol. The van der Waals surface area contributed by atoms with E-state index < -0.39 is 5.82 Å². The van der Waals surface area contributed by atoms with Crippen molar-refractivity contribution >= 4 is 27.5 Å². The second kappa shape index (κ2) is 6.78. The summed E-state index contributed by atoms with van der Waals surface area (Å²) in [4.78, 5) is 0. The van der Waals surface area contributed by atoms with Crippen molar-refractivity contribution in [1.29, 1.82) is 0 Å². The highest BCUT2D eigenvalue weighted by Gasteiger charge is 2.01. The normalized spacial score (nSPS) is 10.3. The van der Waals surface area contributed by atoms with E-state index in [1.165, 1.54) is 18.2 Å². The van der Waals surface area contributed by atoms with Gasteiger partial charge in [-0.2, -0.15) is 0 Å². The van der Waals surface area contributed by atoms with Crippen molar-refractivity contribution < 1.29 is 13.9 Å². The first-order chi connectivity index (χ1) is 9.15. The third-order valence-electron chi connectivity index (χ3n) is 2.31. The fourth-order valence-corrected chi connectivity index (χ4v) is 1.99. The van der Waals surface area contributed by atoms with Gasteiger partial charge in [-0.1, -0.05) is 33.6 Å². The van der Waals surface area contributed by atoms with E-state index in [0.717, 1.165) is 10.2 Å². The number of ether oxygens (including phenoxy) is 2. The van der Waals surface area contributed by atoms with Crippen molar-refractivity contribution in [3.63, 3.8) is 0 Å². The van der Waals surface area contributed by atoms with Gasteiger partial charge in [0.1, 0.15) is 30.5 Å². The Morgan fingerprint density at radius 3 is 2.32 bits per heavy atom. The van der Waals surface area contributed by atoms with Crippen molar-refractivity contribution in [1.82, 2.24) is 0 Å². The lowest BCUT2D eigenvalue weighted by Crippen LogP contribution is -2.09. The van der Waals surface area contributed by atoms with Gasteiger partial charge < -0.3 is 9.47 Å². The molecule has 0 amide bonds. The number of halogens is 3. The molecule has 2 aromatic rings. The highest BCUT2D eigenvalue weighted by molar-refractivity contribution is 9.10. The van der Waals surface area contributed by atoms with Crippen LogP contribution >= 0.6 is 27.5 Å². The Morgan fingerprint density at radius 2 is 1.68 bits per heavy atom. The lowest BCUT2D eigenvalue weighted by molar-refractivity contribution is 0.217. The van der Waals surface area contributed by atoms with Gasteiger partial charge in [0.15, 0.2) is 0 Å². The third kappa shape index (κ3) is 4.40. The highest BCUT2D eigenvalue weighted by atomic mass is 79.9. The van der Waals surface area contributed by atoms with Gasteiger partial charge in [0.2, 0.25) is 0 Å². The molecule has 0 spiro atoms. The predicted molar refractivity (Wildman–Crippen MR) is 76.5 cm³/mol. The maximum atomic E-state index is 12.9. The van der Waals surface area contributed by atoms with E-state index >= 15 is 0 Å². The van der Waals surface area contributed by atoms with Crippen LogP contribution in [0.25, 0.3) is 0 Å². The first kappa shape index (κ1) is 14.2. The fourth-order valence-electron chi connectivity index (χ4n) is 1.44. The molecule has 0 aliphatic carbocycles. The molecule has 0 saturated heterocycles. The minimum Gasteiger partial charge on any atom is -0.490 e. The van der Waals surface area contributed by atoms with Crippen LogP contribution in [0, 0.1) is 5.82 Å². The second-order valence-electron chi connectivity index (χ2n) is 3.73. The molecule has 0 saturated carbocycles. The van der Waals surface area contributed by atoms with Gasteiger partial charge in [-0.3, -0.25) is 0 Å². The summed E-state index contributed by atoms with van der Waals surface area (Å²) in [7, 11) is 0. The van der Waals surface area contributed by atoms with Crippen LogP contribution < -0.4 is 9.47 Å². The zero-order valence-electron chi connectivity index (χ0n) is 9.91. The molecule has 2 aromatic carbocycles. The van der Waals surface area contributed by atoms with Crippen molar-refractivity contribution in [3.05, 3.63) is 57.8 Å². The minimum atomic E-state index is -0.459. The third-order valence-corrected chi connectivity index (χ3v) is 3.09. The Labute approximate surface area is 124 Å². The minimum absolute atomic E-state index is 0.0467. The Balaban J connectivity index is 1.79. The van der Waals surface area contributed by atoms with Gasteiger partial charge in [-0.05, 0) is 30.3 Å². The standard InChI is InChI=1S/C14H11BrClFO2/c15-10-2-1-3-11(8-10)18-6-7-19-12-4-5-14(17)13(16)9-12/h1-5,8-9H,6-7H2. The summed E-state index contributed by atoms with van der Waals surface area (Å²) >= 11 is 9.01. The summed E-state index contributed by atoms with van der Waals surface area (Å²) in [6, 6.07) is 11.8. The van der Waals surface area contributed by atoms with Crippen LogP contribution in [-0.2, 0) is 0 Å². The second-order valence-corrected chi connectivity index (χ2v) is 5.05. The summed E-state index contributed by atoms with van der Waals surface area (Å²) in [6.45, 7) is 0.750. The molecule has 100 valence electrons. The van der Waals surface area contributed by atoms with Crippen LogP contribution in [-0.4, -0.2) is 13.2 Å². The Bertz CT molecular complexity index is 563. The summed E-state index contributed by atoms with van der Waals surface area (Å²) < 4.78 is 24.8. The van der Waals surface area contributed by atoms with Crippen LogP contribution in [0.5, 0.6) is 11.5 Å². The Morgan fingerprint density at radius 1 is 1.00 bits per heavy atom. The van der Waals surface area contributed by atoms with Crippen LogP contribution in [0.2, 0.25) is 5.02 Å². The molecule has 19 heavy (non-hydrogen) atoms. The van der Waals surface area contributed by atoms with E-state index in [4.69, 9.17) is 21.1 Å². The molecular formula is C14H11BrClFO2. The molecule has 0 aliphatic rings. The molecule has 0 aliphatic heterocycles. The number of hydrogen-bond acceptors (Lipinski definition) is 2. The molecule has 0 atom stereocenters. The largest absolute Gasteiger partial charge is 0.490 e. The number of rotatable bonds is 5. The monoisotopic (exact) mass is 344 g/mol. The Hall–Kier alpha value is -1.26. The van der Waals surface area contributed by atoms with Crippen molar-refractivity contribution in [2.24, 2.45) is 0 Å². The molecule has 0 heterocycles. The molecular weight excluding hydrogens is 335 g/mol. The molecule has 0 radical (unpaired) electrons. The molecule has 0 unspecified atom stereocenters. The fraction of sp³-hybridized carbons (Fsp3) is 0.143. The SMILES string of the molecule is Fc1ccc(OCCOc2cccc(Br)c2)cc1Cl. The summed E-state index contributed by atoms with van der Waals surface area (Å²) in [6.07, 6.45) is 0. The van der Waals surface area contributed by atoms with Gasteiger partial charge in [-0.25, -0.2) is 4.39 Å². The topological polar surface area (TPSA) is 18.5 Å². The highest BCUT2D eigenvalue weighted by Crippen LogP contribution is 2.21. The van der Waals surface area contributed by atoms with E-state index in [9.17, 15) is 4.39 Å². The van der Waals surface area contributed by atoms with Crippen LogP contribution in [0.15, 0.2) is 46.9 Å². The molecule has 5 heteroatoms.